The zero-order valence-electron chi connectivity index (χ0n) is 12.4. The summed E-state index contributed by atoms with van der Waals surface area (Å²) in [5.41, 5.74) is 0. The van der Waals surface area contributed by atoms with Crippen LogP contribution >= 0.6 is 39.3 Å². The van der Waals surface area contributed by atoms with E-state index in [1.54, 1.807) is 12.1 Å². The zero-order valence-corrected chi connectivity index (χ0v) is 15.6. The van der Waals surface area contributed by atoms with Crippen molar-refractivity contribution in [2.45, 2.75) is 37.4 Å². The third-order valence-corrected chi connectivity index (χ3v) is 5.75. The lowest BCUT2D eigenvalue weighted by Crippen LogP contribution is -2.31. The van der Waals surface area contributed by atoms with E-state index in [1.807, 2.05) is 17.8 Å². The lowest BCUT2D eigenvalue weighted by Gasteiger charge is -2.20. The van der Waals surface area contributed by atoms with E-state index in [4.69, 9.17) is 16.3 Å². The number of halogens is 2. The van der Waals surface area contributed by atoms with Crippen LogP contribution in [0.25, 0.3) is 0 Å². The topological polar surface area (TPSA) is 38.3 Å². The standard InChI is InChI=1S/C16H21BrClNO2S/c17-12-6-7-15(14(18)10-12)21-11-16(20)19-8-9-22-13-4-2-1-3-5-13/h6-7,10,13H,1-5,8-9,11H2,(H,19,20). The fraction of sp³-hybridized carbons (Fsp3) is 0.562. The van der Waals surface area contributed by atoms with Crippen molar-refractivity contribution in [3.8, 4) is 5.75 Å². The van der Waals surface area contributed by atoms with Crippen molar-refractivity contribution in [2.75, 3.05) is 18.9 Å². The van der Waals surface area contributed by atoms with Crippen molar-refractivity contribution in [2.24, 2.45) is 0 Å². The van der Waals surface area contributed by atoms with Gasteiger partial charge in [0.2, 0.25) is 0 Å². The number of hydrogen-bond acceptors (Lipinski definition) is 3. The van der Waals surface area contributed by atoms with Crippen molar-refractivity contribution >= 4 is 45.2 Å². The number of carbonyl (C=O) groups excluding carboxylic acids is 1. The Morgan fingerprint density at radius 2 is 2.14 bits per heavy atom. The molecule has 0 heterocycles. The van der Waals surface area contributed by atoms with Crippen LogP contribution in [0.15, 0.2) is 22.7 Å². The van der Waals surface area contributed by atoms with Crippen LogP contribution < -0.4 is 10.1 Å². The summed E-state index contributed by atoms with van der Waals surface area (Å²) in [4.78, 5) is 11.7. The molecule has 1 amide bonds. The molecule has 0 atom stereocenters. The van der Waals surface area contributed by atoms with Crippen LogP contribution in [0.4, 0.5) is 0 Å². The van der Waals surface area contributed by atoms with Gasteiger partial charge in [-0.1, -0.05) is 46.8 Å². The fourth-order valence-corrected chi connectivity index (χ4v) is 4.38. The van der Waals surface area contributed by atoms with Crippen LogP contribution in [0.1, 0.15) is 32.1 Å². The summed E-state index contributed by atoms with van der Waals surface area (Å²) in [5.74, 6) is 1.38. The molecular formula is C16H21BrClNO2S. The predicted molar refractivity (Wildman–Crippen MR) is 97.0 cm³/mol. The van der Waals surface area contributed by atoms with Crippen LogP contribution in [-0.4, -0.2) is 30.1 Å². The second kappa shape index (κ2) is 9.68. The van der Waals surface area contributed by atoms with Crippen LogP contribution in [0.2, 0.25) is 5.02 Å². The van der Waals surface area contributed by atoms with Crippen LogP contribution in [0, 0.1) is 0 Å². The molecule has 22 heavy (non-hydrogen) atoms. The number of nitrogens with one attached hydrogen (secondary N) is 1. The molecular weight excluding hydrogens is 386 g/mol. The van der Waals surface area contributed by atoms with E-state index in [9.17, 15) is 4.79 Å². The fourth-order valence-electron chi connectivity index (χ4n) is 2.43. The third-order valence-electron chi connectivity index (χ3n) is 3.58. The summed E-state index contributed by atoms with van der Waals surface area (Å²) in [7, 11) is 0. The minimum absolute atomic E-state index is 0.00452. The van der Waals surface area contributed by atoms with Gasteiger partial charge >= 0.3 is 0 Å². The third kappa shape index (κ3) is 6.39. The van der Waals surface area contributed by atoms with Gasteiger partial charge in [-0.05, 0) is 31.0 Å². The molecule has 0 aliphatic heterocycles. The molecule has 0 radical (unpaired) electrons. The van der Waals surface area contributed by atoms with Crippen LogP contribution in [0.5, 0.6) is 5.75 Å². The Bertz CT molecular complexity index is 495. The van der Waals surface area contributed by atoms with Gasteiger partial charge in [-0.15, -0.1) is 0 Å². The second-order valence-electron chi connectivity index (χ2n) is 5.34. The number of benzene rings is 1. The van der Waals surface area contributed by atoms with Crippen molar-refractivity contribution in [1.82, 2.24) is 5.32 Å². The first-order valence-corrected chi connectivity index (χ1v) is 9.83. The molecule has 0 aromatic heterocycles. The lowest BCUT2D eigenvalue weighted by atomic mass is 10.0. The number of ether oxygens (including phenoxy) is 1. The average molecular weight is 407 g/mol. The van der Waals surface area contributed by atoms with E-state index in [2.05, 4.69) is 21.2 Å². The Morgan fingerprint density at radius 3 is 2.86 bits per heavy atom. The highest BCUT2D eigenvalue weighted by molar-refractivity contribution is 9.10. The quantitative estimate of drug-likeness (QED) is 0.669. The second-order valence-corrected chi connectivity index (χ2v) is 8.08. The van der Waals surface area contributed by atoms with Gasteiger partial charge < -0.3 is 10.1 Å². The summed E-state index contributed by atoms with van der Waals surface area (Å²) >= 11 is 11.3. The van der Waals surface area contributed by atoms with Crippen LogP contribution in [0.3, 0.4) is 0 Å². The normalized spacial score (nSPS) is 15.5. The molecule has 1 aliphatic carbocycles. The smallest absolute Gasteiger partial charge is 0.257 e. The lowest BCUT2D eigenvalue weighted by molar-refractivity contribution is -0.122. The first-order chi connectivity index (χ1) is 10.6. The van der Waals surface area contributed by atoms with E-state index in [0.717, 1.165) is 15.5 Å². The zero-order chi connectivity index (χ0) is 15.8. The molecule has 1 saturated carbocycles. The number of carbonyl (C=O) groups is 1. The van der Waals surface area contributed by atoms with Crippen molar-refractivity contribution in [3.05, 3.63) is 27.7 Å². The molecule has 2 rings (SSSR count). The summed E-state index contributed by atoms with van der Waals surface area (Å²) in [5, 5.41) is 4.16. The Labute approximate surface area is 149 Å². The first-order valence-electron chi connectivity index (χ1n) is 7.61. The van der Waals surface area contributed by atoms with E-state index in [0.29, 0.717) is 17.3 Å². The van der Waals surface area contributed by atoms with Crippen molar-refractivity contribution in [1.29, 1.82) is 0 Å². The minimum atomic E-state index is -0.108. The maximum Gasteiger partial charge on any atom is 0.257 e. The highest BCUT2D eigenvalue weighted by Gasteiger charge is 2.13. The van der Waals surface area contributed by atoms with Gasteiger partial charge in [0.1, 0.15) is 5.75 Å². The van der Waals surface area contributed by atoms with Gasteiger partial charge in [0.15, 0.2) is 6.61 Å². The van der Waals surface area contributed by atoms with Gasteiger partial charge in [0.25, 0.3) is 5.91 Å². The van der Waals surface area contributed by atoms with Gasteiger partial charge in [0.05, 0.1) is 5.02 Å². The molecule has 0 bridgehead atoms. The number of hydrogen-bond donors (Lipinski definition) is 1. The molecule has 1 aromatic rings. The first kappa shape index (κ1) is 18.0. The molecule has 0 saturated heterocycles. The average Bonchev–Trinajstić information content (AvgIpc) is 2.52. The molecule has 0 spiro atoms. The maximum absolute atomic E-state index is 11.7. The Morgan fingerprint density at radius 1 is 1.36 bits per heavy atom. The molecule has 1 aliphatic rings. The van der Waals surface area contributed by atoms with E-state index in [-0.39, 0.29) is 12.5 Å². The largest absolute Gasteiger partial charge is 0.482 e. The van der Waals surface area contributed by atoms with E-state index in [1.165, 1.54) is 32.1 Å². The SMILES string of the molecule is O=C(COc1ccc(Br)cc1Cl)NCCSC1CCCCC1. The van der Waals surface area contributed by atoms with Crippen LogP contribution in [-0.2, 0) is 4.79 Å². The molecule has 0 unspecified atom stereocenters. The van der Waals surface area contributed by atoms with Gasteiger partial charge in [-0.3, -0.25) is 4.79 Å². The number of thioether (sulfide) groups is 1. The molecule has 3 nitrogen and oxygen atoms in total. The summed E-state index contributed by atoms with van der Waals surface area (Å²) in [6, 6.07) is 5.33. The van der Waals surface area contributed by atoms with Gasteiger partial charge in [0, 0.05) is 22.0 Å². The summed E-state index contributed by atoms with van der Waals surface area (Å²) in [6.07, 6.45) is 6.73. The van der Waals surface area contributed by atoms with E-state index < -0.39 is 0 Å². The van der Waals surface area contributed by atoms with E-state index >= 15 is 0 Å². The number of rotatable bonds is 7. The molecule has 122 valence electrons. The Hall–Kier alpha value is -0.390. The predicted octanol–water partition coefficient (Wildman–Crippen LogP) is 4.66. The molecule has 1 fully saturated rings. The monoisotopic (exact) mass is 405 g/mol. The molecule has 6 heteroatoms. The summed E-state index contributed by atoms with van der Waals surface area (Å²) in [6.45, 7) is 0.687. The van der Waals surface area contributed by atoms with Gasteiger partial charge in [-0.2, -0.15) is 11.8 Å². The highest BCUT2D eigenvalue weighted by Crippen LogP contribution is 2.28. The highest BCUT2D eigenvalue weighted by atomic mass is 79.9. The summed E-state index contributed by atoms with van der Waals surface area (Å²) < 4.78 is 6.31. The minimum Gasteiger partial charge on any atom is -0.482 e. The van der Waals surface area contributed by atoms with Crippen molar-refractivity contribution in [3.63, 3.8) is 0 Å². The number of amides is 1. The Balaban J connectivity index is 1.59. The van der Waals surface area contributed by atoms with Crippen molar-refractivity contribution < 1.29 is 9.53 Å². The molecule has 1 aromatic carbocycles. The van der Waals surface area contributed by atoms with Gasteiger partial charge in [-0.25, -0.2) is 0 Å². The molecule has 1 N–H and O–H groups in total. The Kier molecular flexibility index (Phi) is 7.90. The maximum atomic E-state index is 11.7.